The van der Waals surface area contributed by atoms with Crippen LogP contribution in [0.5, 0.6) is 0 Å². The van der Waals surface area contributed by atoms with Crippen molar-refractivity contribution in [1.82, 2.24) is 9.80 Å². The van der Waals surface area contributed by atoms with E-state index in [2.05, 4.69) is 30.9 Å². The van der Waals surface area contributed by atoms with E-state index in [0.29, 0.717) is 0 Å². The molecule has 1 heterocycles. The average molecular weight is 236 g/mol. The van der Waals surface area contributed by atoms with Crippen molar-refractivity contribution >= 4 is 0 Å². The normalized spacial score (nSPS) is 20.8. The molecule has 94 valence electrons. The summed E-state index contributed by atoms with van der Waals surface area (Å²) in [6.45, 7) is 2.19. The quantitative estimate of drug-likeness (QED) is 0.777. The second kappa shape index (κ2) is 4.75. The summed E-state index contributed by atoms with van der Waals surface area (Å²) in [5.74, 6) is -0.157. The van der Waals surface area contributed by atoms with Gasteiger partial charge in [-0.1, -0.05) is 12.1 Å². The van der Waals surface area contributed by atoms with E-state index < -0.39 is 0 Å². The molecule has 1 aromatic carbocycles. The number of nitrogens with zero attached hydrogens (tertiary/aromatic N) is 2. The topological polar surface area (TPSA) is 6.48 Å². The summed E-state index contributed by atoms with van der Waals surface area (Å²) >= 11 is 0. The van der Waals surface area contributed by atoms with Gasteiger partial charge < -0.3 is 4.90 Å². The summed E-state index contributed by atoms with van der Waals surface area (Å²) in [7, 11) is 6.40. The van der Waals surface area contributed by atoms with Gasteiger partial charge in [-0.15, -0.1) is 0 Å². The van der Waals surface area contributed by atoms with E-state index in [-0.39, 0.29) is 11.4 Å². The lowest BCUT2D eigenvalue weighted by Gasteiger charge is -2.46. The minimum absolute atomic E-state index is 0.0697. The fourth-order valence-electron chi connectivity index (χ4n) is 2.74. The predicted molar refractivity (Wildman–Crippen MR) is 68.5 cm³/mol. The Labute approximate surface area is 103 Å². The molecule has 1 aliphatic rings. The Morgan fingerprint density at radius 3 is 2.12 bits per heavy atom. The molecular formula is C14H21FN2. The molecule has 2 rings (SSSR count). The van der Waals surface area contributed by atoms with Gasteiger partial charge in [-0.2, -0.15) is 0 Å². The van der Waals surface area contributed by atoms with Crippen LogP contribution in [0.2, 0.25) is 0 Å². The van der Waals surface area contributed by atoms with Crippen LogP contribution in [0.4, 0.5) is 4.39 Å². The highest BCUT2D eigenvalue weighted by molar-refractivity contribution is 5.26. The maximum Gasteiger partial charge on any atom is 0.123 e. The highest BCUT2D eigenvalue weighted by atomic mass is 19.1. The Hall–Kier alpha value is -0.930. The van der Waals surface area contributed by atoms with E-state index in [1.165, 1.54) is 5.56 Å². The maximum absolute atomic E-state index is 13.0. The third-order valence-corrected chi connectivity index (χ3v) is 4.05. The van der Waals surface area contributed by atoms with Crippen molar-refractivity contribution in [2.75, 3.05) is 34.2 Å². The van der Waals surface area contributed by atoms with Gasteiger partial charge in [0.25, 0.3) is 0 Å². The molecule has 1 saturated heterocycles. The van der Waals surface area contributed by atoms with E-state index in [9.17, 15) is 4.39 Å². The molecule has 1 aromatic rings. The van der Waals surface area contributed by atoms with Crippen molar-refractivity contribution in [2.24, 2.45) is 0 Å². The summed E-state index contributed by atoms with van der Waals surface area (Å²) < 4.78 is 13.0. The third-order valence-electron chi connectivity index (χ3n) is 4.05. The molecule has 2 nitrogen and oxygen atoms in total. The molecule has 0 atom stereocenters. The van der Waals surface area contributed by atoms with E-state index in [1.54, 1.807) is 12.1 Å². The molecule has 0 aliphatic carbocycles. The lowest BCUT2D eigenvalue weighted by atomic mass is 9.80. The Morgan fingerprint density at radius 1 is 1.12 bits per heavy atom. The van der Waals surface area contributed by atoms with Crippen molar-refractivity contribution in [3.63, 3.8) is 0 Å². The van der Waals surface area contributed by atoms with E-state index >= 15 is 0 Å². The summed E-state index contributed by atoms with van der Waals surface area (Å²) in [6.07, 6.45) is 2.20. The van der Waals surface area contributed by atoms with Gasteiger partial charge in [-0.25, -0.2) is 4.39 Å². The molecule has 0 bridgehead atoms. The van der Waals surface area contributed by atoms with Crippen LogP contribution in [0.25, 0.3) is 0 Å². The Kier molecular flexibility index (Phi) is 3.50. The first kappa shape index (κ1) is 12.5. The Bertz CT molecular complexity index is 364. The smallest absolute Gasteiger partial charge is 0.123 e. The summed E-state index contributed by atoms with van der Waals surface area (Å²) in [6, 6.07) is 7.00. The fourth-order valence-corrected chi connectivity index (χ4v) is 2.74. The van der Waals surface area contributed by atoms with Gasteiger partial charge in [0.05, 0.1) is 0 Å². The van der Waals surface area contributed by atoms with E-state index in [4.69, 9.17) is 0 Å². The standard InChI is InChI=1S/C14H21FN2/c1-16(2)14(8-10-17(3)11-9-14)12-4-6-13(15)7-5-12/h4-7H,8-11H2,1-3H3. The molecule has 0 spiro atoms. The zero-order valence-corrected chi connectivity index (χ0v) is 10.9. The van der Waals surface area contributed by atoms with Gasteiger partial charge in [-0.3, -0.25) is 4.90 Å². The van der Waals surface area contributed by atoms with Crippen molar-refractivity contribution < 1.29 is 4.39 Å². The van der Waals surface area contributed by atoms with Crippen LogP contribution in [-0.4, -0.2) is 44.0 Å². The summed E-state index contributed by atoms with van der Waals surface area (Å²) in [5, 5.41) is 0. The summed E-state index contributed by atoms with van der Waals surface area (Å²) in [5.41, 5.74) is 1.30. The van der Waals surface area contributed by atoms with Gasteiger partial charge in [-0.05, 0) is 64.8 Å². The van der Waals surface area contributed by atoms with Crippen molar-refractivity contribution in [1.29, 1.82) is 0 Å². The van der Waals surface area contributed by atoms with E-state index in [1.807, 2.05) is 12.1 Å². The average Bonchev–Trinajstić information content (AvgIpc) is 2.31. The monoisotopic (exact) mass is 236 g/mol. The van der Waals surface area contributed by atoms with Crippen LogP contribution in [0.3, 0.4) is 0 Å². The number of piperidine rings is 1. The van der Waals surface area contributed by atoms with E-state index in [0.717, 1.165) is 25.9 Å². The van der Waals surface area contributed by atoms with Crippen molar-refractivity contribution in [2.45, 2.75) is 18.4 Å². The SMILES string of the molecule is CN1CCC(c2ccc(F)cc2)(N(C)C)CC1. The van der Waals surface area contributed by atoms with Crippen LogP contribution in [-0.2, 0) is 5.54 Å². The maximum atomic E-state index is 13.0. The highest BCUT2D eigenvalue weighted by Gasteiger charge is 2.37. The molecule has 0 saturated carbocycles. The second-order valence-corrected chi connectivity index (χ2v) is 5.24. The minimum Gasteiger partial charge on any atom is -0.306 e. The van der Waals surface area contributed by atoms with Crippen LogP contribution < -0.4 is 0 Å². The Balaban J connectivity index is 2.31. The van der Waals surface area contributed by atoms with Gasteiger partial charge in [0.1, 0.15) is 5.82 Å². The molecule has 0 radical (unpaired) electrons. The molecular weight excluding hydrogens is 215 g/mol. The van der Waals surface area contributed by atoms with Crippen molar-refractivity contribution in [3.05, 3.63) is 35.6 Å². The van der Waals surface area contributed by atoms with Gasteiger partial charge >= 0.3 is 0 Å². The molecule has 1 aliphatic heterocycles. The molecule has 1 fully saturated rings. The van der Waals surface area contributed by atoms with Crippen LogP contribution in [0, 0.1) is 5.82 Å². The van der Waals surface area contributed by atoms with Crippen molar-refractivity contribution in [3.8, 4) is 0 Å². The van der Waals surface area contributed by atoms with Crippen LogP contribution in [0.15, 0.2) is 24.3 Å². The van der Waals surface area contributed by atoms with Gasteiger partial charge in [0, 0.05) is 5.54 Å². The highest BCUT2D eigenvalue weighted by Crippen LogP contribution is 2.36. The van der Waals surface area contributed by atoms with Crippen LogP contribution in [0.1, 0.15) is 18.4 Å². The molecule has 3 heteroatoms. The third kappa shape index (κ3) is 2.35. The number of rotatable bonds is 2. The molecule has 0 aromatic heterocycles. The van der Waals surface area contributed by atoms with Gasteiger partial charge in [0.15, 0.2) is 0 Å². The minimum atomic E-state index is -0.157. The number of benzene rings is 1. The number of hydrogen-bond acceptors (Lipinski definition) is 2. The van der Waals surface area contributed by atoms with Crippen LogP contribution >= 0.6 is 0 Å². The molecule has 0 N–H and O–H groups in total. The Morgan fingerprint density at radius 2 is 1.65 bits per heavy atom. The number of halogens is 1. The fraction of sp³-hybridized carbons (Fsp3) is 0.571. The molecule has 17 heavy (non-hydrogen) atoms. The predicted octanol–water partition coefficient (Wildman–Crippen LogP) is 2.31. The van der Waals surface area contributed by atoms with Gasteiger partial charge in [0.2, 0.25) is 0 Å². The number of hydrogen-bond donors (Lipinski definition) is 0. The first-order valence-corrected chi connectivity index (χ1v) is 6.17. The first-order valence-electron chi connectivity index (χ1n) is 6.17. The lowest BCUT2D eigenvalue weighted by molar-refractivity contribution is 0.0643. The number of likely N-dealkylation sites (tertiary alicyclic amines) is 1. The lowest BCUT2D eigenvalue weighted by Crippen LogP contribution is -2.49. The summed E-state index contributed by atoms with van der Waals surface area (Å²) in [4.78, 5) is 4.64. The zero-order chi connectivity index (χ0) is 12.5. The second-order valence-electron chi connectivity index (χ2n) is 5.24. The zero-order valence-electron chi connectivity index (χ0n) is 10.9. The first-order chi connectivity index (χ1) is 8.04. The molecule has 0 amide bonds. The largest absolute Gasteiger partial charge is 0.306 e. The molecule has 0 unspecified atom stereocenters.